The monoisotopic (exact) mass is 310 g/mol. The van der Waals surface area contributed by atoms with E-state index >= 15 is 0 Å². The second kappa shape index (κ2) is 7.18. The van der Waals surface area contributed by atoms with Crippen molar-refractivity contribution >= 4 is 23.4 Å². The molecule has 0 unspecified atom stereocenters. The molecule has 1 aliphatic rings. The number of rotatable bonds is 4. The minimum Gasteiger partial charge on any atom is -0.465 e. The number of hydrogen-bond acceptors (Lipinski definition) is 3. The van der Waals surface area contributed by atoms with Gasteiger partial charge in [-0.25, -0.2) is 0 Å². The van der Waals surface area contributed by atoms with Gasteiger partial charge in [0.05, 0.1) is 6.26 Å². The van der Waals surface area contributed by atoms with Crippen LogP contribution in [0.2, 0.25) is 0 Å². The predicted octanol–water partition coefficient (Wildman–Crippen LogP) is 4.17. The highest BCUT2D eigenvalue weighted by Gasteiger charge is 2.15. The molecule has 0 bridgehead atoms. The van der Waals surface area contributed by atoms with E-state index in [0.717, 1.165) is 24.7 Å². The van der Waals surface area contributed by atoms with Gasteiger partial charge >= 0.3 is 0 Å². The summed E-state index contributed by atoms with van der Waals surface area (Å²) in [7, 11) is 0. The number of hydrogen-bond donors (Lipinski definition) is 1. The van der Waals surface area contributed by atoms with E-state index in [1.54, 1.807) is 24.5 Å². The Morgan fingerprint density at radius 3 is 2.61 bits per heavy atom. The van der Waals surface area contributed by atoms with Crippen molar-refractivity contribution in [2.75, 3.05) is 23.3 Å². The number of nitrogens with zero attached hydrogens (tertiary/aromatic N) is 1. The number of carbonyl (C=O) groups is 1. The Morgan fingerprint density at radius 1 is 1.22 bits per heavy atom. The topological polar surface area (TPSA) is 45.5 Å². The maximum Gasteiger partial charge on any atom is 0.248 e. The molecule has 0 atom stereocenters. The zero-order valence-electron chi connectivity index (χ0n) is 13.4. The molecular formula is C19H22N2O2. The van der Waals surface area contributed by atoms with Crippen molar-refractivity contribution in [2.24, 2.45) is 5.92 Å². The number of piperidine rings is 1. The molecule has 4 heteroatoms. The molecule has 1 amide bonds. The first-order valence-corrected chi connectivity index (χ1v) is 8.08. The fourth-order valence-corrected chi connectivity index (χ4v) is 2.75. The van der Waals surface area contributed by atoms with Crippen molar-refractivity contribution in [3.63, 3.8) is 0 Å². The van der Waals surface area contributed by atoms with Crippen LogP contribution in [0.25, 0.3) is 6.08 Å². The third-order valence-corrected chi connectivity index (χ3v) is 4.23. The van der Waals surface area contributed by atoms with Gasteiger partial charge < -0.3 is 14.6 Å². The molecule has 0 radical (unpaired) electrons. The summed E-state index contributed by atoms with van der Waals surface area (Å²) in [5.41, 5.74) is 2.02. The van der Waals surface area contributed by atoms with Crippen LogP contribution in [0.3, 0.4) is 0 Å². The van der Waals surface area contributed by atoms with Gasteiger partial charge in [-0.3, -0.25) is 4.79 Å². The number of benzene rings is 1. The lowest BCUT2D eigenvalue weighted by atomic mass is 9.99. The lowest BCUT2D eigenvalue weighted by Gasteiger charge is -2.32. The van der Waals surface area contributed by atoms with Crippen molar-refractivity contribution in [3.8, 4) is 0 Å². The standard InChI is InChI=1S/C19H22N2O2/c1-15-10-12-21(13-11-15)17-6-4-16(5-7-17)20-19(22)9-8-18-3-2-14-23-18/h2-9,14-15H,10-13H2,1H3,(H,20,22)/b9-8+. The Kier molecular flexibility index (Phi) is 4.81. The van der Waals surface area contributed by atoms with E-state index in [0.29, 0.717) is 5.76 Å². The highest BCUT2D eigenvalue weighted by molar-refractivity contribution is 6.01. The summed E-state index contributed by atoms with van der Waals surface area (Å²) < 4.78 is 5.15. The Balaban J connectivity index is 1.56. The van der Waals surface area contributed by atoms with Crippen LogP contribution in [0, 0.1) is 5.92 Å². The number of anilines is 2. The van der Waals surface area contributed by atoms with E-state index in [2.05, 4.69) is 29.3 Å². The molecule has 4 nitrogen and oxygen atoms in total. The number of amides is 1. The van der Waals surface area contributed by atoms with Gasteiger partial charge in [0.25, 0.3) is 0 Å². The highest BCUT2D eigenvalue weighted by Crippen LogP contribution is 2.24. The van der Waals surface area contributed by atoms with E-state index in [1.807, 2.05) is 12.1 Å². The molecular weight excluding hydrogens is 288 g/mol. The first-order valence-electron chi connectivity index (χ1n) is 8.08. The molecule has 1 aromatic heterocycles. The summed E-state index contributed by atoms with van der Waals surface area (Å²) in [5.74, 6) is 1.32. The predicted molar refractivity (Wildman–Crippen MR) is 93.4 cm³/mol. The van der Waals surface area contributed by atoms with Gasteiger partial charge in [-0.05, 0) is 61.2 Å². The molecule has 1 N–H and O–H groups in total. The molecule has 0 spiro atoms. The van der Waals surface area contributed by atoms with E-state index in [4.69, 9.17) is 4.42 Å². The third-order valence-electron chi connectivity index (χ3n) is 4.23. The summed E-state index contributed by atoms with van der Waals surface area (Å²) >= 11 is 0. The maximum absolute atomic E-state index is 11.9. The second-order valence-corrected chi connectivity index (χ2v) is 6.05. The smallest absolute Gasteiger partial charge is 0.248 e. The van der Waals surface area contributed by atoms with Gasteiger partial charge in [-0.15, -0.1) is 0 Å². The summed E-state index contributed by atoms with van der Waals surface area (Å²) in [6.45, 7) is 4.53. The van der Waals surface area contributed by atoms with Gasteiger partial charge in [0.1, 0.15) is 5.76 Å². The van der Waals surface area contributed by atoms with Crippen LogP contribution in [0.15, 0.2) is 53.2 Å². The third kappa shape index (κ3) is 4.25. The van der Waals surface area contributed by atoms with E-state index in [9.17, 15) is 4.79 Å². The molecule has 2 heterocycles. The molecule has 1 fully saturated rings. The van der Waals surface area contributed by atoms with Crippen LogP contribution in [0.4, 0.5) is 11.4 Å². The minimum atomic E-state index is -0.166. The van der Waals surface area contributed by atoms with Crippen LogP contribution in [-0.2, 0) is 4.79 Å². The Morgan fingerprint density at radius 2 is 1.96 bits per heavy atom. The summed E-state index contributed by atoms with van der Waals surface area (Å²) in [6.07, 6.45) is 7.20. The maximum atomic E-state index is 11.9. The number of nitrogens with one attached hydrogen (secondary N) is 1. The first kappa shape index (κ1) is 15.4. The van der Waals surface area contributed by atoms with Crippen LogP contribution >= 0.6 is 0 Å². The quantitative estimate of drug-likeness (QED) is 0.862. The second-order valence-electron chi connectivity index (χ2n) is 6.05. The highest BCUT2D eigenvalue weighted by atomic mass is 16.3. The molecule has 120 valence electrons. The molecule has 1 aromatic carbocycles. The van der Waals surface area contributed by atoms with Gasteiger partial charge in [0, 0.05) is 30.5 Å². The van der Waals surface area contributed by atoms with Crippen molar-refractivity contribution < 1.29 is 9.21 Å². The van der Waals surface area contributed by atoms with Crippen LogP contribution in [0.1, 0.15) is 25.5 Å². The van der Waals surface area contributed by atoms with Crippen LogP contribution in [0.5, 0.6) is 0 Å². The molecule has 1 aliphatic heterocycles. The molecule has 2 aromatic rings. The van der Waals surface area contributed by atoms with Crippen molar-refractivity contribution in [2.45, 2.75) is 19.8 Å². The zero-order valence-corrected chi connectivity index (χ0v) is 13.4. The Labute approximate surface area is 136 Å². The lowest BCUT2D eigenvalue weighted by Crippen LogP contribution is -2.32. The lowest BCUT2D eigenvalue weighted by molar-refractivity contribution is -0.111. The minimum absolute atomic E-state index is 0.166. The number of carbonyl (C=O) groups excluding carboxylic acids is 1. The molecule has 3 rings (SSSR count). The van der Waals surface area contributed by atoms with Crippen molar-refractivity contribution in [1.29, 1.82) is 0 Å². The Hall–Kier alpha value is -2.49. The Bertz CT molecular complexity index is 651. The molecule has 23 heavy (non-hydrogen) atoms. The normalized spacial score (nSPS) is 16.0. The fourth-order valence-electron chi connectivity index (χ4n) is 2.75. The van der Waals surface area contributed by atoms with Crippen LogP contribution < -0.4 is 10.2 Å². The largest absolute Gasteiger partial charge is 0.465 e. The van der Waals surface area contributed by atoms with Crippen LogP contribution in [-0.4, -0.2) is 19.0 Å². The van der Waals surface area contributed by atoms with E-state index in [1.165, 1.54) is 24.6 Å². The summed E-state index contributed by atoms with van der Waals surface area (Å²) in [6, 6.07) is 11.6. The average Bonchev–Trinajstić information content (AvgIpc) is 3.08. The van der Waals surface area contributed by atoms with Gasteiger partial charge in [-0.1, -0.05) is 6.92 Å². The van der Waals surface area contributed by atoms with E-state index in [-0.39, 0.29) is 5.91 Å². The fraction of sp³-hybridized carbons (Fsp3) is 0.316. The van der Waals surface area contributed by atoms with Gasteiger partial charge in [0.15, 0.2) is 0 Å². The zero-order chi connectivity index (χ0) is 16.1. The van der Waals surface area contributed by atoms with Crippen molar-refractivity contribution in [3.05, 3.63) is 54.5 Å². The SMILES string of the molecule is CC1CCN(c2ccc(NC(=O)/C=C/c3ccco3)cc2)CC1. The number of furan rings is 1. The summed E-state index contributed by atoms with van der Waals surface area (Å²) in [5, 5.41) is 2.86. The molecule has 1 saturated heterocycles. The van der Waals surface area contributed by atoms with Gasteiger partial charge in [0.2, 0.25) is 5.91 Å². The average molecular weight is 310 g/mol. The van der Waals surface area contributed by atoms with Gasteiger partial charge in [-0.2, -0.15) is 0 Å². The first-order chi connectivity index (χ1) is 11.2. The van der Waals surface area contributed by atoms with E-state index < -0.39 is 0 Å². The van der Waals surface area contributed by atoms with Crippen molar-refractivity contribution in [1.82, 2.24) is 0 Å². The summed E-state index contributed by atoms with van der Waals surface area (Å²) in [4.78, 5) is 14.3. The molecule has 0 aliphatic carbocycles. The molecule has 0 saturated carbocycles.